The maximum absolute atomic E-state index is 2.51. The molecule has 0 spiro atoms. The molecule has 0 fully saturated rings. The molecule has 0 saturated heterocycles. The minimum absolute atomic E-state index is 0.215. The van der Waals surface area contributed by atoms with Gasteiger partial charge in [0, 0.05) is 0 Å². The maximum atomic E-state index is 2.51. The second-order valence-electron chi connectivity index (χ2n) is 13.3. The molecule has 2 aliphatic rings. The van der Waals surface area contributed by atoms with Gasteiger partial charge in [0.05, 0.1) is 0 Å². The minimum Gasteiger partial charge on any atom is -0.0664 e. The highest BCUT2D eigenvalue weighted by molar-refractivity contribution is 7.01. The molecule has 0 aromatic heterocycles. The summed E-state index contributed by atoms with van der Waals surface area (Å²) in [4.78, 5) is 0. The zero-order chi connectivity index (χ0) is 29.8. The average molecular weight is 568 g/mol. The monoisotopic (exact) mass is 568 g/mol. The highest BCUT2D eigenvalue weighted by atomic mass is 14.2. The summed E-state index contributed by atoms with van der Waals surface area (Å²) < 4.78 is 0. The molecule has 0 N–H and O–H groups in total. The second kappa shape index (κ2) is 9.22. The lowest BCUT2D eigenvalue weighted by Crippen LogP contribution is -2.51. The summed E-state index contributed by atoms with van der Waals surface area (Å²) in [5.74, 6) is 0.406. The highest BCUT2D eigenvalue weighted by Crippen LogP contribution is 2.37. The van der Waals surface area contributed by atoms with Crippen LogP contribution in [-0.2, 0) is 0 Å². The lowest BCUT2D eigenvalue weighted by molar-refractivity contribution is 0.876. The Bertz CT molecular complexity index is 2400. The van der Waals surface area contributed by atoms with Crippen LogP contribution < -0.4 is 32.8 Å². The van der Waals surface area contributed by atoms with Crippen LogP contribution in [0.25, 0.3) is 54.6 Å². The Hall–Kier alpha value is -5.07. The van der Waals surface area contributed by atoms with Crippen molar-refractivity contribution in [3.8, 4) is 22.3 Å². The molecule has 2 aliphatic heterocycles. The molecule has 0 amide bonds. The number of hydrogen-bond donors (Lipinski definition) is 0. The summed E-state index contributed by atoms with van der Waals surface area (Å²) in [5, 5.41) is 8.25. The summed E-state index contributed by atoms with van der Waals surface area (Å²) in [7, 11) is 0. The van der Waals surface area contributed by atoms with Gasteiger partial charge in [0.1, 0.15) is 0 Å². The lowest BCUT2D eigenvalue weighted by atomic mass is 9.37. The predicted octanol–water partition coefficient (Wildman–Crippen LogP) is 6.70. The fraction of sp³-hybridized carbons (Fsp3) is 0.0698. The fourth-order valence-electron chi connectivity index (χ4n) is 8.95. The SMILES string of the molecule is CC(C)c1cc2ccc3ccc(B4c5ccccc5-c5ccccc54)c4ccc(c1B1c5ccccc5-c5ccccc51)c2c34. The molecule has 0 saturated carbocycles. The molecule has 0 unspecified atom stereocenters. The molecule has 45 heavy (non-hydrogen) atoms. The number of fused-ring (bicyclic) bond motifs is 6. The zero-order valence-corrected chi connectivity index (χ0v) is 25.5. The summed E-state index contributed by atoms with van der Waals surface area (Å²) in [6.45, 7) is 5.15. The Kier molecular flexibility index (Phi) is 5.18. The number of benzene rings is 8. The Labute approximate surface area is 264 Å². The van der Waals surface area contributed by atoms with Gasteiger partial charge < -0.3 is 0 Å². The Morgan fingerprint density at radius 2 is 0.844 bits per heavy atom. The van der Waals surface area contributed by atoms with Crippen LogP contribution in [0.4, 0.5) is 0 Å². The van der Waals surface area contributed by atoms with Crippen LogP contribution in [0.2, 0.25) is 0 Å². The van der Waals surface area contributed by atoms with Crippen LogP contribution >= 0.6 is 0 Å². The molecule has 0 aliphatic carbocycles. The van der Waals surface area contributed by atoms with E-state index in [4.69, 9.17) is 0 Å². The largest absolute Gasteiger partial charge is 0.243 e. The molecule has 0 atom stereocenters. The van der Waals surface area contributed by atoms with Gasteiger partial charge in [0.25, 0.3) is 0 Å². The molecule has 0 nitrogen and oxygen atoms in total. The van der Waals surface area contributed by atoms with Crippen molar-refractivity contribution in [3.63, 3.8) is 0 Å². The van der Waals surface area contributed by atoms with E-state index in [0.717, 1.165) is 0 Å². The van der Waals surface area contributed by atoms with E-state index in [2.05, 4.69) is 153 Å². The van der Waals surface area contributed by atoms with E-state index in [1.54, 1.807) is 0 Å². The first-order chi connectivity index (χ1) is 22.2. The topological polar surface area (TPSA) is 0 Å². The van der Waals surface area contributed by atoms with Crippen LogP contribution in [0.3, 0.4) is 0 Å². The number of rotatable bonds is 3. The van der Waals surface area contributed by atoms with Gasteiger partial charge in [0.15, 0.2) is 0 Å². The minimum atomic E-state index is 0.215. The predicted molar refractivity (Wildman–Crippen MR) is 197 cm³/mol. The van der Waals surface area contributed by atoms with Gasteiger partial charge in [0.2, 0.25) is 13.4 Å². The van der Waals surface area contributed by atoms with Gasteiger partial charge in [-0.2, -0.15) is 0 Å². The van der Waals surface area contributed by atoms with E-state index >= 15 is 0 Å². The zero-order valence-electron chi connectivity index (χ0n) is 25.5. The molecule has 10 rings (SSSR count). The summed E-state index contributed by atoms with van der Waals surface area (Å²) in [6.07, 6.45) is 0. The third-order valence-electron chi connectivity index (χ3n) is 10.8. The normalized spacial score (nSPS) is 13.2. The lowest BCUT2D eigenvalue weighted by Gasteiger charge is -2.24. The molecule has 2 heteroatoms. The molecule has 8 aromatic rings. The van der Waals surface area contributed by atoms with Crippen molar-refractivity contribution in [3.05, 3.63) is 145 Å². The van der Waals surface area contributed by atoms with Crippen molar-refractivity contribution in [1.29, 1.82) is 0 Å². The van der Waals surface area contributed by atoms with Crippen molar-refractivity contribution in [2.75, 3.05) is 0 Å². The van der Waals surface area contributed by atoms with E-state index in [1.807, 2.05) is 0 Å². The van der Waals surface area contributed by atoms with Gasteiger partial charge in [-0.25, -0.2) is 0 Å². The Morgan fingerprint density at radius 3 is 1.40 bits per heavy atom. The second-order valence-corrected chi connectivity index (χ2v) is 13.3. The van der Waals surface area contributed by atoms with Crippen molar-refractivity contribution >= 4 is 78.5 Å². The van der Waals surface area contributed by atoms with Crippen molar-refractivity contribution < 1.29 is 0 Å². The van der Waals surface area contributed by atoms with Crippen LogP contribution in [-0.4, -0.2) is 13.4 Å². The van der Waals surface area contributed by atoms with Gasteiger partial charge in [-0.3, -0.25) is 0 Å². The molecule has 2 heterocycles. The van der Waals surface area contributed by atoms with Crippen molar-refractivity contribution in [1.82, 2.24) is 0 Å². The van der Waals surface area contributed by atoms with Crippen LogP contribution in [0.1, 0.15) is 25.3 Å². The van der Waals surface area contributed by atoms with Crippen LogP contribution in [0.5, 0.6) is 0 Å². The number of hydrogen-bond acceptors (Lipinski definition) is 0. The first kappa shape index (κ1) is 25.3. The molecular weight excluding hydrogens is 538 g/mol. The van der Waals surface area contributed by atoms with Gasteiger partial charge in [-0.05, 0) is 66.1 Å². The van der Waals surface area contributed by atoms with Crippen LogP contribution in [0, 0.1) is 0 Å². The van der Waals surface area contributed by atoms with Gasteiger partial charge in [-0.1, -0.05) is 186 Å². The molecule has 208 valence electrons. The van der Waals surface area contributed by atoms with Crippen molar-refractivity contribution in [2.24, 2.45) is 0 Å². The Balaban J connectivity index is 1.30. The molecular formula is C43H30B2. The van der Waals surface area contributed by atoms with Crippen molar-refractivity contribution in [2.45, 2.75) is 19.8 Å². The molecule has 0 bridgehead atoms. The first-order valence-corrected chi connectivity index (χ1v) is 16.3. The first-order valence-electron chi connectivity index (χ1n) is 16.3. The summed E-state index contributed by atoms with van der Waals surface area (Å²) >= 11 is 0. The smallest absolute Gasteiger partial charge is 0.0664 e. The maximum Gasteiger partial charge on any atom is 0.243 e. The van der Waals surface area contributed by atoms with E-state index in [1.165, 1.54) is 92.9 Å². The average Bonchev–Trinajstić information content (AvgIpc) is 3.60. The van der Waals surface area contributed by atoms with E-state index in [9.17, 15) is 0 Å². The quantitative estimate of drug-likeness (QED) is 0.165. The van der Waals surface area contributed by atoms with Gasteiger partial charge >= 0.3 is 0 Å². The van der Waals surface area contributed by atoms with E-state index < -0.39 is 0 Å². The highest BCUT2D eigenvalue weighted by Gasteiger charge is 2.37. The van der Waals surface area contributed by atoms with E-state index in [-0.39, 0.29) is 13.4 Å². The van der Waals surface area contributed by atoms with E-state index in [0.29, 0.717) is 5.92 Å². The summed E-state index contributed by atoms with van der Waals surface area (Å²) in [6, 6.07) is 53.0. The van der Waals surface area contributed by atoms with Gasteiger partial charge in [-0.15, -0.1) is 0 Å². The fourth-order valence-corrected chi connectivity index (χ4v) is 8.95. The standard InChI is InChI=1S/C43H30B2/c1-26(2)35-25-28-20-19-27-21-24-40(44-36-15-7-3-11-29(36)30-12-4-8-16-37(30)44)33-22-23-34(42(28)41(27)33)43(35)45-38-17-9-5-13-31(38)32-14-6-10-18-39(32)45/h3-26H,1-2H3. The van der Waals surface area contributed by atoms with Crippen LogP contribution in [0.15, 0.2) is 140 Å². The third kappa shape index (κ3) is 3.35. The molecule has 8 aromatic carbocycles. The Morgan fingerprint density at radius 1 is 0.400 bits per heavy atom. The summed E-state index contributed by atoms with van der Waals surface area (Å²) in [5.41, 5.74) is 15.5. The third-order valence-corrected chi connectivity index (χ3v) is 10.8. The molecule has 0 radical (unpaired) electrons.